The van der Waals surface area contributed by atoms with Crippen LogP contribution in [0.2, 0.25) is 0 Å². The Morgan fingerprint density at radius 1 is 1.25 bits per heavy atom. The predicted octanol–water partition coefficient (Wildman–Crippen LogP) is 2.54. The molecule has 0 aliphatic carbocycles. The minimum atomic E-state index is 0.424. The molecule has 1 aliphatic rings. The zero-order chi connectivity index (χ0) is 13.8. The standard InChI is InChI=1S/C16H18N2O2/c19-11-9-14-15(12-20-13-6-2-1-3-7-13)17-18-10-5-4-8-16(14)18/h1-3,6-7,11H,4-5,8-10,12H2. The lowest BCUT2D eigenvalue weighted by Crippen LogP contribution is -2.12. The molecule has 0 N–H and O–H groups in total. The lowest BCUT2D eigenvalue weighted by atomic mass is 10.0. The second-order valence-corrected chi connectivity index (χ2v) is 5.02. The molecule has 0 radical (unpaired) electrons. The van der Waals surface area contributed by atoms with Crippen molar-refractivity contribution in [3.05, 3.63) is 47.3 Å². The third kappa shape index (κ3) is 2.59. The van der Waals surface area contributed by atoms with E-state index in [1.165, 1.54) is 12.1 Å². The van der Waals surface area contributed by atoms with Crippen molar-refractivity contribution in [1.82, 2.24) is 9.78 Å². The average Bonchev–Trinajstić information content (AvgIpc) is 2.85. The van der Waals surface area contributed by atoms with Gasteiger partial charge >= 0.3 is 0 Å². The number of carbonyl (C=O) groups excluding carboxylic acids is 1. The highest BCUT2D eigenvalue weighted by molar-refractivity contribution is 5.56. The first-order valence-electron chi connectivity index (χ1n) is 7.07. The minimum absolute atomic E-state index is 0.424. The van der Waals surface area contributed by atoms with Crippen LogP contribution < -0.4 is 4.74 Å². The van der Waals surface area contributed by atoms with Crippen LogP contribution in [0, 0.1) is 0 Å². The summed E-state index contributed by atoms with van der Waals surface area (Å²) in [7, 11) is 0. The first-order chi connectivity index (χ1) is 9.88. The van der Waals surface area contributed by atoms with Gasteiger partial charge in [0.15, 0.2) is 0 Å². The number of hydrogen-bond donors (Lipinski definition) is 0. The summed E-state index contributed by atoms with van der Waals surface area (Å²) in [5.74, 6) is 0.829. The molecule has 0 atom stereocenters. The minimum Gasteiger partial charge on any atom is -0.487 e. The van der Waals surface area contributed by atoms with Crippen molar-refractivity contribution in [2.24, 2.45) is 0 Å². The molecule has 0 amide bonds. The molecule has 1 aliphatic heterocycles. The number of ether oxygens (including phenoxy) is 1. The third-order valence-corrected chi connectivity index (χ3v) is 3.69. The number of para-hydroxylation sites is 1. The molecule has 104 valence electrons. The van der Waals surface area contributed by atoms with Gasteiger partial charge in [0.05, 0.1) is 0 Å². The highest BCUT2D eigenvalue weighted by Crippen LogP contribution is 2.23. The number of aldehydes is 1. The molecule has 1 aromatic heterocycles. The summed E-state index contributed by atoms with van der Waals surface area (Å²) in [6.07, 6.45) is 4.74. The van der Waals surface area contributed by atoms with E-state index in [-0.39, 0.29) is 0 Å². The first-order valence-corrected chi connectivity index (χ1v) is 7.07. The molecule has 0 saturated carbocycles. The lowest BCUT2D eigenvalue weighted by molar-refractivity contribution is -0.107. The zero-order valence-electron chi connectivity index (χ0n) is 11.4. The Labute approximate surface area is 118 Å². The van der Waals surface area contributed by atoms with Crippen LogP contribution in [0.25, 0.3) is 0 Å². The Morgan fingerprint density at radius 3 is 2.90 bits per heavy atom. The second-order valence-electron chi connectivity index (χ2n) is 5.02. The van der Waals surface area contributed by atoms with Gasteiger partial charge in [0.25, 0.3) is 0 Å². The smallest absolute Gasteiger partial charge is 0.132 e. The summed E-state index contributed by atoms with van der Waals surface area (Å²) in [6.45, 7) is 1.37. The molecule has 3 rings (SSSR count). The Kier molecular flexibility index (Phi) is 3.81. The second kappa shape index (κ2) is 5.90. The largest absolute Gasteiger partial charge is 0.487 e. The van der Waals surface area contributed by atoms with Crippen molar-refractivity contribution in [2.45, 2.75) is 38.8 Å². The van der Waals surface area contributed by atoms with Gasteiger partial charge < -0.3 is 9.53 Å². The Bertz CT molecular complexity index is 590. The Morgan fingerprint density at radius 2 is 2.10 bits per heavy atom. The molecule has 0 fully saturated rings. The quantitative estimate of drug-likeness (QED) is 0.784. The van der Waals surface area contributed by atoms with Crippen LogP contribution in [0.1, 0.15) is 29.8 Å². The van der Waals surface area contributed by atoms with E-state index >= 15 is 0 Å². The van der Waals surface area contributed by atoms with Crippen molar-refractivity contribution >= 4 is 6.29 Å². The van der Waals surface area contributed by atoms with Crippen LogP contribution in [0.15, 0.2) is 30.3 Å². The fourth-order valence-electron chi connectivity index (χ4n) is 2.71. The summed E-state index contributed by atoms with van der Waals surface area (Å²) in [6, 6.07) is 9.70. The van der Waals surface area contributed by atoms with Crippen LogP contribution in [0.4, 0.5) is 0 Å². The SMILES string of the molecule is O=CCc1c(COc2ccccc2)nn2c1CCCC2. The van der Waals surface area contributed by atoms with Gasteiger partial charge in [0.1, 0.15) is 24.3 Å². The summed E-state index contributed by atoms with van der Waals surface area (Å²) < 4.78 is 7.81. The van der Waals surface area contributed by atoms with E-state index in [9.17, 15) is 4.79 Å². The number of benzene rings is 1. The number of fused-ring (bicyclic) bond motifs is 1. The van der Waals surface area contributed by atoms with Gasteiger partial charge in [-0.3, -0.25) is 4.68 Å². The summed E-state index contributed by atoms with van der Waals surface area (Å²) in [5.41, 5.74) is 3.18. The van der Waals surface area contributed by atoms with Crippen molar-refractivity contribution < 1.29 is 9.53 Å². The van der Waals surface area contributed by atoms with Crippen LogP contribution in [0.3, 0.4) is 0 Å². The van der Waals surface area contributed by atoms with E-state index in [0.717, 1.165) is 42.7 Å². The van der Waals surface area contributed by atoms with E-state index in [1.54, 1.807) is 0 Å². The number of aryl methyl sites for hydroxylation is 1. The molecule has 0 bridgehead atoms. The molecule has 2 aromatic rings. The van der Waals surface area contributed by atoms with E-state index in [0.29, 0.717) is 13.0 Å². The van der Waals surface area contributed by atoms with Crippen LogP contribution in [0.5, 0.6) is 5.75 Å². The van der Waals surface area contributed by atoms with Gasteiger partial charge in [-0.1, -0.05) is 18.2 Å². The molecule has 0 spiro atoms. The van der Waals surface area contributed by atoms with Crippen molar-refractivity contribution in [3.63, 3.8) is 0 Å². The van der Waals surface area contributed by atoms with Crippen molar-refractivity contribution in [1.29, 1.82) is 0 Å². The fraction of sp³-hybridized carbons (Fsp3) is 0.375. The van der Waals surface area contributed by atoms with E-state index in [1.807, 2.05) is 35.0 Å². The van der Waals surface area contributed by atoms with Crippen molar-refractivity contribution in [2.75, 3.05) is 0 Å². The first kappa shape index (κ1) is 12.9. The van der Waals surface area contributed by atoms with Crippen LogP contribution >= 0.6 is 0 Å². The number of rotatable bonds is 5. The van der Waals surface area contributed by atoms with Gasteiger partial charge in [-0.25, -0.2) is 0 Å². The maximum Gasteiger partial charge on any atom is 0.132 e. The van der Waals surface area contributed by atoms with Gasteiger partial charge in [-0.05, 0) is 31.4 Å². The number of nitrogens with zero attached hydrogens (tertiary/aromatic N) is 2. The third-order valence-electron chi connectivity index (χ3n) is 3.69. The molecule has 0 unspecified atom stereocenters. The van der Waals surface area contributed by atoms with Gasteiger partial charge in [0.2, 0.25) is 0 Å². The molecule has 1 aromatic carbocycles. The highest BCUT2D eigenvalue weighted by Gasteiger charge is 2.20. The monoisotopic (exact) mass is 270 g/mol. The summed E-state index contributed by atoms with van der Waals surface area (Å²) >= 11 is 0. The molecule has 0 saturated heterocycles. The van der Waals surface area contributed by atoms with Crippen LogP contribution in [-0.4, -0.2) is 16.1 Å². The van der Waals surface area contributed by atoms with Crippen LogP contribution in [-0.2, 0) is 30.8 Å². The van der Waals surface area contributed by atoms with Crippen molar-refractivity contribution in [3.8, 4) is 5.75 Å². The molecule has 2 heterocycles. The molecular formula is C16H18N2O2. The fourth-order valence-corrected chi connectivity index (χ4v) is 2.71. The topological polar surface area (TPSA) is 44.1 Å². The van der Waals surface area contributed by atoms with Gasteiger partial charge in [0, 0.05) is 24.2 Å². The maximum atomic E-state index is 10.9. The van der Waals surface area contributed by atoms with E-state index < -0.39 is 0 Å². The lowest BCUT2D eigenvalue weighted by Gasteiger charge is -2.13. The maximum absolute atomic E-state index is 10.9. The average molecular weight is 270 g/mol. The molecular weight excluding hydrogens is 252 g/mol. The molecule has 4 heteroatoms. The highest BCUT2D eigenvalue weighted by atomic mass is 16.5. The summed E-state index contributed by atoms with van der Waals surface area (Å²) in [5, 5.41) is 4.62. The van der Waals surface area contributed by atoms with E-state index in [4.69, 9.17) is 4.74 Å². The zero-order valence-corrected chi connectivity index (χ0v) is 11.4. The Hall–Kier alpha value is -2.10. The number of aromatic nitrogens is 2. The van der Waals surface area contributed by atoms with Gasteiger partial charge in [-0.15, -0.1) is 0 Å². The van der Waals surface area contributed by atoms with E-state index in [2.05, 4.69) is 5.10 Å². The van der Waals surface area contributed by atoms with Gasteiger partial charge in [-0.2, -0.15) is 5.10 Å². The molecule has 4 nitrogen and oxygen atoms in total. The molecule has 20 heavy (non-hydrogen) atoms. The Balaban J connectivity index is 1.81. The number of hydrogen-bond acceptors (Lipinski definition) is 3. The predicted molar refractivity (Wildman–Crippen MR) is 75.7 cm³/mol. The summed E-state index contributed by atoms with van der Waals surface area (Å²) in [4.78, 5) is 10.9. The number of carbonyl (C=O) groups is 1. The normalized spacial score (nSPS) is 13.8.